The van der Waals surface area contributed by atoms with Gasteiger partial charge in [-0.2, -0.15) is 36.5 Å². The zero-order valence-corrected chi connectivity index (χ0v) is 23.3. The maximum atomic E-state index is 13.4. The van der Waals surface area contributed by atoms with Crippen LogP contribution in [0.4, 0.5) is 42.5 Å². The molecule has 0 aliphatic rings. The number of nitrogens with zero attached hydrogens (tertiary/aromatic N) is 7. The topological polar surface area (TPSA) is 124 Å². The maximum absolute atomic E-state index is 13.4. The molecule has 2 aromatic carbocycles. The van der Waals surface area contributed by atoms with E-state index in [1.807, 2.05) is 31.3 Å². The lowest BCUT2D eigenvalue weighted by molar-refractivity contribution is -0.141. The van der Waals surface area contributed by atoms with E-state index in [1.165, 1.54) is 12.4 Å². The minimum absolute atomic E-state index is 0.0445. The van der Waals surface area contributed by atoms with Crippen molar-refractivity contribution in [2.75, 3.05) is 10.6 Å². The average Bonchev–Trinajstić information content (AvgIpc) is 3.66. The van der Waals surface area contributed by atoms with E-state index in [9.17, 15) is 31.1 Å². The van der Waals surface area contributed by atoms with Gasteiger partial charge in [0.15, 0.2) is 11.3 Å². The summed E-state index contributed by atoms with van der Waals surface area (Å²) in [6, 6.07) is 10.6. The van der Waals surface area contributed by atoms with Crippen molar-refractivity contribution >= 4 is 23.1 Å². The molecule has 0 unspecified atom stereocenters. The van der Waals surface area contributed by atoms with E-state index in [2.05, 4.69) is 35.8 Å². The highest BCUT2D eigenvalue weighted by Gasteiger charge is 2.34. The third-order valence-corrected chi connectivity index (χ3v) is 6.47. The van der Waals surface area contributed by atoms with Crippen LogP contribution in [-0.4, -0.2) is 40.4 Å². The normalized spacial score (nSPS) is 11.9. The quantitative estimate of drug-likeness (QED) is 0.186. The molecule has 2 N–H and O–H groups in total. The molecule has 0 aliphatic carbocycles. The second-order valence-corrected chi connectivity index (χ2v) is 9.73. The first-order valence-electron chi connectivity index (χ1n) is 13.2. The number of aryl methyl sites for hydroxylation is 1. The lowest BCUT2D eigenvalue weighted by Gasteiger charge is -2.15. The molecule has 0 atom stereocenters. The van der Waals surface area contributed by atoms with Gasteiger partial charge in [0, 0.05) is 23.7 Å². The van der Waals surface area contributed by atoms with Crippen LogP contribution in [0.3, 0.4) is 0 Å². The number of alkyl halides is 6. The number of anilines is 2. The summed E-state index contributed by atoms with van der Waals surface area (Å²) in [4.78, 5) is 25.3. The van der Waals surface area contributed by atoms with Gasteiger partial charge in [0.05, 0.1) is 41.2 Å². The van der Waals surface area contributed by atoms with Crippen LogP contribution in [0.25, 0.3) is 22.5 Å². The lowest BCUT2D eigenvalue weighted by atomic mass is 10.1. The van der Waals surface area contributed by atoms with Gasteiger partial charge in [0.25, 0.3) is 0 Å². The molecular weight excluding hydrogens is 620 g/mol. The van der Waals surface area contributed by atoms with E-state index in [0.29, 0.717) is 34.3 Å². The third kappa shape index (κ3) is 6.42. The smallest absolute Gasteiger partial charge is 0.424 e. The number of hydrogen-bond acceptors (Lipinski definition) is 7. The number of hydrogen-bond donors (Lipinski definition) is 2. The Morgan fingerprint density at radius 1 is 0.848 bits per heavy atom. The van der Waals surface area contributed by atoms with Crippen molar-refractivity contribution in [1.82, 2.24) is 34.3 Å². The molecule has 0 radical (unpaired) electrons. The van der Waals surface area contributed by atoms with E-state index in [4.69, 9.17) is 4.74 Å². The number of urea groups is 1. The van der Waals surface area contributed by atoms with Gasteiger partial charge in [-0.05, 0) is 55.0 Å². The first kappa shape index (κ1) is 30.0. The van der Waals surface area contributed by atoms with E-state index >= 15 is 0 Å². The average molecular weight is 640 g/mol. The Hall–Kier alpha value is -6.00. The Morgan fingerprint density at radius 2 is 1.59 bits per heavy atom. The summed E-state index contributed by atoms with van der Waals surface area (Å²) in [5, 5.41) is 12.2. The second kappa shape index (κ2) is 11.5. The number of nitrogens with one attached hydrogen (secondary N) is 2. The van der Waals surface area contributed by atoms with Crippen molar-refractivity contribution in [2.45, 2.75) is 19.3 Å². The van der Waals surface area contributed by atoms with E-state index in [0.717, 1.165) is 29.1 Å². The molecule has 11 nitrogen and oxygen atoms in total. The van der Waals surface area contributed by atoms with Crippen LogP contribution in [0.5, 0.6) is 11.8 Å². The Balaban J connectivity index is 1.14. The van der Waals surface area contributed by atoms with Crippen LogP contribution in [0.2, 0.25) is 0 Å². The zero-order valence-electron chi connectivity index (χ0n) is 23.3. The van der Waals surface area contributed by atoms with Crippen molar-refractivity contribution < 1.29 is 35.9 Å². The molecular formula is C29H19F6N9O2. The number of aromatic nitrogens is 7. The fourth-order valence-electron chi connectivity index (χ4n) is 4.31. The molecule has 0 spiro atoms. The summed E-state index contributed by atoms with van der Waals surface area (Å²) in [6.45, 7) is 1.88. The van der Waals surface area contributed by atoms with Gasteiger partial charge in [0.2, 0.25) is 0 Å². The van der Waals surface area contributed by atoms with Crippen molar-refractivity contribution in [3.05, 3.63) is 103 Å². The van der Waals surface area contributed by atoms with Crippen molar-refractivity contribution in [1.29, 1.82) is 0 Å². The molecule has 46 heavy (non-hydrogen) atoms. The van der Waals surface area contributed by atoms with Gasteiger partial charge >= 0.3 is 24.4 Å². The lowest BCUT2D eigenvalue weighted by Crippen LogP contribution is -2.21. The first-order valence-corrected chi connectivity index (χ1v) is 13.2. The van der Waals surface area contributed by atoms with Crippen LogP contribution in [0, 0.1) is 6.92 Å². The van der Waals surface area contributed by atoms with Gasteiger partial charge < -0.3 is 15.4 Å². The highest BCUT2D eigenvalue weighted by molar-refractivity contribution is 6.00. The molecule has 0 fully saturated rings. The van der Waals surface area contributed by atoms with Gasteiger partial charge in [-0.3, -0.25) is 0 Å². The molecule has 17 heteroatoms. The third-order valence-electron chi connectivity index (χ3n) is 6.47. The molecule has 234 valence electrons. The monoisotopic (exact) mass is 639 g/mol. The summed E-state index contributed by atoms with van der Waals surface area (Å²) in [6.07, 6.45) is -2.75. The summed E-state index contributed by atoms with van der Waals surface area (Å²) in [5.41, 5.74) is 0.168. The molecule has 0 saturated heterocycles. The summed E-state index contributed by atoms with van der Waals surface area (Å²) >= 11 is 0. The number of carbonyl (C=O) groups is 1. The minimum Gasteiger partial charge on any atom is -0.424 e. The van der Waals surface area contributed by atoms with Crippen molar-refractivity contribution in [3.63, 3.8) is 0 Å². The second-order valence-electron chi connectivity index (χ2n) is 9.73. The summed E-state index contributed by atoms with van der Waals surface area (Å²) in [5.74, 6) is 0.409. The molecule has 6 rings (SSSR count). The standard InChI is InChI=1S/C29H19F6N9O2/c1-16-8-10-44-25(39-16)21(15-38-44)17-2-5-20(6-3-17)46-27-36-13-19(14-37-27)40-26(45)41-22-12-18(28(30,31)32)4-7-23(22)43-11-9-24(42-43)29(33,34)35/h2-15H,1H3,(H2,40,41,45). The molecule has 0 bridgehead atoms. The number of halogens is 6. The van der Waals surface area contributed by atoms with Crippen LogP contribution >= 0.6 is 0 Å². The molecule has 6 aromatic rings. The number of rotatable bonds is 6. The predicted octanol–water partition coefficient (Wildman–Crippen LogP) is 7.15. The minimum atomic E-state index is -4.79. The number of carbonyl (C=O) groups excluding carboxylic acids is 1. The highest BCUT2D eigenvalue weighted by atomic mass is 19.4. The highest BCUT2D eigenvalue weighted by Crippen LogP contribution is 2.35. The molecule has 4 aromatic heterocycles. The van der Waals surface area contributed by atoms with E-state index in [-0.39, 0.29) is 17.4 Å². The predicted molar refractivity (Wildman–Crippen MR) is 151 cm³/mol. The Bertz CT molecular complexity index is 2040. The van der Waals surface area contributed by atoms with Crippen molar-refractivity contribution in [2.24, 2.45) is 0 Å². The van der Waals surface area contributed by atoms with Crippen LogP contribution in [-0.2, 0) is 12.4 Å². The van der Waals surface area contributed by atoms with Gasteiger partial charge in [-0.15, -0.1) is 0 Å². The number of benzene rings is 2. The fourth-order valence-corrected chi connectivity index (χ4v) is 4.31. The fraction of sp³-hybridized carbons (Fsp3) is 0.103. The number of ether oxygens (including phenoxy) is 1. The first-order chi connectivity index (χ1) is 21.8. The van der Waals surface area contributed by atoms with Gasteiger partial charge in [-0.1, -0.05) is 12.1 Å². The number of fused-ring (bicyclic) bond motifs is 1. The maximum Gasteiger partial charge on any atom is 0.435 e. The Kier molecular flexibility index (Phi) is 7.51. The molecule has 2 amide bonds. The van der Waals surface area contributed by atoms with Crippen LogP contribution in [0.15, 0.2) is 85.6 Å². The van der Waals surface area contributed by atoms with E-state index < -0.39 is 35.3 Å². The number of amides is 2. The largest absolute Gasteiger partial charge is 0.435 e. The van der Waals surface area contributed by atoms with Gasteiger partial charge in [0.1, 0.15) is 5.75 Å². The van der Waals surface area contributed by atoms with Crippen molar-refractivity contribution in [3.8, 4) is 28.6 Å². The Morgan fingerprint density at radius 3 is 2.26 bits per heavy atom. The SMILES string of the molecule is Cc1ccn2ncc(-c3ccc(Oc4ncc(NC(=O)Nc5cc(C(F)(F)F)ccc5-n5ccc(C(F)(F)F)n5)cn4)cc3)c2n1. The zero-order chi connectivity index (χ0) is 32.6. The summed E-state index contributed by atoms with van der Waals surface area (Å²) in [7, 11) is 0. The summed E-state index contributed by atoms with van der Waals surface area (Å²) < 4.78 is 87.2. The molecule has 0 aliphatic heterocycles. The molecule has 0 saturated carbocycles. The Labute approximate surface area is 254 Å². The molecule has 4 heterocycles. The van der Waals surface area contributed by atoms with E-state index in [1.54, 1.807) is 22.8 Å². The van der Waals surface area contributed by atoms with Crippen LogP contribution in [0.1, 0.15) is 17.0 Å². The van der Waals surface area contributed by atoms with Crippen LogP contribution < -0.4 is 15.4 Å². The van der Waals surface area contributed by atoms with Gasteiger partial charge in [-0.25, -0.2) is 28.9 Å².